The lowest BCUT2D eigenvalue weighted by atomic mass is 10.2. The topological polar surface area (TPSA) is 87.2 Å². The second-order valence-corrected chi connectivity index (χ2v) is 6.80. The Labute approximate surface area is 158 Å². The minimum atomic E-state index is -1.64. The molecule has 0 aliphatic heterocycles. The number of tetrazole rings is 2. The average Bonchev–Trinajstić information content (AvgIpc) is 3.33. The van der Waals surface area contributed by atoms with E-state index in [1.807, 2.05) is 60.7 Å². The first-order valence-corrected chi connectivity index (χ1v) is 8.44. The van der Waals surface area contributed by atoms with Crippen LogP contribution in [0, 0.1) is 0 Å². The fourth-order valence-electron chi connectivity index (χ4n) is 2.52. The number of para-hydroxylation sites is 1. The van der Waals surface area contributed by atoms with Crippen LogP contribution in [0.2, 0.25) is 0 Å². The van der Waals surface area contributed by atoms with Crippen LogP contribution in [0.1, 0.15) is 17.2 Å². The zero-order chi connectivity index (χ0) is 18.0. The minimum absolute atomic E-state index is 0.205. The van der Waals surface area contributed by atoms with Crippen LogP contribution >= 0.6 is 23.2 Å². The van der Waals surface area contributed by atoms with E-state index in [1.165, 1.54) is 9.36 Å². The van der Waals surface area contributed by atoms with Crippen LogP contribution < -0.4 is 0 Å². The molecule has 4 rings (SSSR count). The Kier molecular flexibility index (Phi) is 4.36. The van der Waals surface area contributed by atoms with Crippen molar-refractivity contribution in [3.8, 4) is 5.69 Å². The molecule has 0 unspecified atom stereocenters. The summed E-state index contributed by atoms with van der Waals surface area (Å²) in [6.07, 6.45) is 0. The van der Waals surface area contributed by atoms with Crippen molar-refractivity contribution < 1.29 is 0 Å². The number of hydrogen-bond acceptors (Lipinski definition) is 6. The van der Waals surface area contributed by atoms with Gasteiger partial charge in [-0.1, -0.05) is 71.7 Å². The lowest BCUT2D eigenvalue weighted by Gasteiger charge is -2.18. The number of halogens is 2. The van der Waals surface area contributed by atoms with Crippen LogP contribution in [0.4, 0.5) is 0 Å². The molecule has 0 atom stereocenters. The Morgan fingerprint density at radius 3 is 2.12 bits per heavy atom. The minimum Gasteiger partial charge on any atom is -0.222 e. The van der Waals surface area contributed by atoms with Crippen molar-refractivity contribution in [3.05, 3.63) is 77.9 Å². The summed E-state index contributed by atoms with van der Waals surface area (Å²) in [5.41, 5.74) is 1.73. The van der Waals surface area contributed by atoms with E-state index >= 15 is 0 Å². The quantitative estimate of drug-likeness (QED) is 0.489. The summed E-state index contributed by atoms with van der Waals surface area (Å²) in [4.78, 5) is 0. The first-order valence-electron chi connectivity index (χ1n) is 7.69. The van der Waals surface area contributed by atoms with E-state index in [0.717, 1.165) is 11.3 Å². The van der Waals surface area contributed by atoms with Gasteiger partial charge in [0.25, 0.3) is 0 Å². The van der Waals surface area contributed by atoms with Crippen molar-refractivity contribution >= 4 is 23.2 Å². The zero-order valence-electron chi connectivity index (χ0n) is 13.3. The molecule has 2 aromatic carbocycles. The molecule has 0 fully saturated rings. The van der Waals surface area contributed by atoms with Crippen molar-refractivity contribution in [1.82, 2.24) is 40.4 Å². The number of hydrogen-bond donors (Lipinski definition) is 0. The normalized spacial score (nSPS) is 11.6. The monoisotopic (exact) mass is 386 g/mol. The highest BCUT2D eigenvalue weighted by molar-refractivity contribution is 6.49. The molecule has 0 N–H and O–H groups in total. The predicted octanol–water partition coefficient (Wildman–Crippen LogP) is 2.38. The van der Waals surface area contributed by atoms with Gasteiger partial charge in [0.15, 0.2) is 5.82 Å². The number of aromatic nitrogens is 8. The second kappa shape index (κ2) is 6.81. The molecule has 4 aromatic rings. The van der Waals surface area contributed by atoms with Gasteiger partial charge < -0.3 is 0 Å². The number of benzene rings is 2. The molecule has 0 bridgehead atoms. The van der Waals surface area contributed by atoms with Gasteiger partial charge in [0.1, 0.15) is 0 Å². The van der Waals surface area contributed by atoms with Gasteiger partial charge in [0.05, 0.1) is 12.2 Å². The zero-order valence-corrected chi connectivity index (χ0v) is 14.8. The number of rotatable bonds is 5. The van der Waals surface area contributed by atoms with Crippen LogP contribution in [0.25, 0.3) is 5.69 Å². The highest BCUT2D eigenvalue weighted by Gasteiger charge is 2.41. The molecule has 0 aliphatic carbocycles. The standard InChI is InChI=1S/C16H12Cl2N8/c17-16(18,15-20-22-24-26(15)13-9-5-2-6-10-13)14-19-21-23-25(14)11-12-7-3-1-4-8-12/h1-10H,11H2. The van der Waals surface area contributed by atoms with E-state index in [4.69, 9.17) is 23.2 Å². The van der Waals surface area contributed by atoms with Crippen molar-refractivity contribution in [3.63, 3.8) is 0 Å². The third kappa shape index (κ3) is 3.04. The van der Waals surface area contributed by atoms with Crippen molar-refractivity contribution in [2.45, 2.75) is 10.9 Å². The summed E-state index contributed by atoms with van der Waals surface area (Å²) in [5.74, 6) is 0.438. The molecule has 26 heavy (non-hydrogen) atoms. The first-order chi connectivity index (χ1) is 12.7. The summed E-state index contributed by atoms with van der Waals surface area (Å²) < 4.78 is 1.35. The Hall–Kier alpha value is -2.84. The number of nitrogens with zero attached hydrogens (tertiary/aromatic N) is 8. The van der Waals surface area contributed by atoms with Crippen molar-refractivity contribution in [1.29, 1.82) is 0 Å². The molecule has 0 radical (unpaired) electrons. The highest BCUT2D eigenvalue weighted by atomic mass is 35.5. The number of alkyl halides is 2. The molecule has 0 saturated carbocycles. The van der Waals surface area contributed by atoms with Crippen LogP contribution in [0.5, 0.6) is 0 Å². The maximum absolute atomic E-state index is 6.63. The van der Waals surface area contributed by atoms with E-state index < -0.39 is 4.33 Å². The third-order valence-corrected chi connectivity index (χ3v) is 4.42. The molecule has 0 saturated heterocycles. The Morgan fingerprint density at radius 2 is 1.38 bits per heavy atom. The fourth-order valence-corrected chi connectivity index (χ4v) is 3.02. The van der Waals surface area contributed by atoms with Gasteiger partial charge >= 0.3 is 0 Å². The Balaban J connectivity index is 1.73. The summed E-state index contributed by atoms with van der Waals surface area (Å²) in [5, 5.41) is 23.4. The van der Waals surface area contributed by atoms with E-state index in [9.17, 15) is 0 Å². The van der Waals surface area contributed by atoms with Crippen LogP contribution in [-0.4, -0.2) is 40.4 Å². The molecular weight excluding hydrogens is 375 g/mol. The molecule has 2 heterocycles. The van der Waals surface area contributed by atoms with E-state index in [0.29, 0.717) is 6.54 Å². The predicted molar refractivity (Wildman–Crippen MR) is 95.0 cm³/mol. The van der Waals surface area contributed by atoms with Gasteiger partial charge in [-0.15, -0.1) is 10.2 Å². The largest absolute Gasteiger partial charge is 0.239 e. The van der Waals surface area contributed by atoms with Crippen molar-refractivity contribution in [2.75, 3.05) is 0 Å². The molecule has 8 nitrogen and oxygen atoms in total. The van der Waals surface area contributed by atoms with Gasteiger partial charge in [-0.3, -0.25) is 0 Å². The Morgan fingerprint density at radius 1 is 0.769 bits per heavy atom. The van der Waals surface area contributed by atoms with Crippen molar-refractivity contribution in [2.24, 2.45) is 0 Å². The van der Waals surface area contributed by atoms with Gasteiger partial charge in [0.2, 0.25) is 10.2 Å². The van der Waals surface area contributed by atoms with E-state index in [2.05, 4.69) is 31.1 Å². The molecule has 10 heteroatoms. The van der Waals surface area contributed by atoms with E-state index in [-0.39, 0.29) is 11.6 Å². The second-order valence-electron chi connectivity index (χ2n) is 5.47. The molecular formula is C16H12Cl2N8. The van der Waals surface area contributed by atoms with E-state index in [1.54, 1.807) is 0 Å². The summed E-state index contributed by atoms with van der Waals surface area (Å²) in [7, 11) is 0. The molecule has 2 aromatic heterocycles. The summed E-state index contributed by atoms with van der Waals surface area (Å²) in [6.45, 7) is 0.414. The lowest BCUT2D eigenvalue weighted by Crippen LogP contribution is -2.24. The summed E-state index contributed by atoms with van der Waals surface area (Å²) in [6, 6.07) is 19.0. The lowest BCUT2D eigenvalue weighted by molar-refractivity contribution is 0.602. The maximum atomic E-state index is 6.63. The van der Waals surface area contributed by atoms with Gasteiger partial charge in [-0.05, 0) is 38.5 Å². The van der Waals surface area contributed by atoms with Gasteiger partial charge in [-0.25, -0.2) is 4.68 Å². The maximum Gasteiger partial charge on any atom is 0.239 e. The fraction of sp³-hybridized carbons (Fsp3) is 0.125. The van der Waals surface area contributed by atoms with Crippen LogP contribution in [0.3, 0.4) is 0 Å². The van der Waals surface area contributed by atoms with Gasteiger partial charge in [0, 0.05) is 0 Å². The summed E-state index contributed by atoms with van der Waals surface area (Å²) >= 11 is 13.3. The molecule has 0 spiro atoms. The highest BCUT2D eigenvalue weighted by Crippen LogP contribution is 2.38. The first kappa shape index (κ1) is 16.6. The smallest absolute Gasteiger partial charge is 0.222 e. The average molecular weight is 387 g/mol. The molecule has 0 amide bonds. The Bertz CT molecular complexity index is 997. The van der Waals surface area contributed by atoms with Crippen LogP contribution in [-0.2, 0) is 10.9 Å². The SMILES string of the molecule is ClC(Cl)(c1nnnn1Cc1ccccc1)c1nnnn1-c1ccccc1. The third-order valence-electron chi connectivity index (χ3n) is 3.74. The molecule has 130 valence electrons. The van der Waals surface area contributed by atoms with Crippen LogP contribution in [0.15, 0.2) is 60.7 Å². The van der Waals surface area contributed by atoms with Gasteiger partial charge in [-0.2, -0.15) is 4.68 Å². The molecule has 0 aliphatic rings.